The molecular weight excluding hydrogens is 240 g/mol. The van der Waals surface area contributed by atoms with E-state index in [9.17, 15) is 0 Å². The zero-order chi connectivity index (χ0) is 12.4. The van der Waals surface area contributed by atoms with Crippen molar-refractivity contribution in [2.45, 2.75) is 45.2 Å². The van der Waals surface area contributed by atoms with Crippen LogP contribution in [0.5, 0.6) is 0 Å². The van der Waals surface area contributed by atoms with Crippen LogP contribution in [0.2, 0.25) is 0 Å². The van der Waals surface area contributed by atoms with Crippen molar-refractivity contribution in [3.63, 3.8) is 0 Å². The van der Waals surface area contributed by atoms with Gasteiger partial charge in [-0.1, -0.05) is 13.3 Å². The summed E-state index contributed by atoms with van der Waals surface area (Å²) in [5.74, 6) is 0. The van der Waals surface area contributed by atoms with E-state index >= 15 is 0 Å². The van der Waals surface area contributed by atoms with Gasteiger partial charge in [0, 0.05) is 42.0 Å². The van der Waals surface area contributed by atoms with E-state index in [1.54, 1.807) is 4.88 Å². The second-order valence-electron chi connectivity index (χ2n) is 5.64. The van der Waals surface area contributed by atoms with E-state index in [-0.39, 0.29) is 0 Å². The molecule has 0 bridgehead atoms. The van der Waals surface area contributed by atoms with Crippen molar-refractivity contribution in [1.29, 1.82) is 0 Å². The van der Waals surface area contributed by atoms with Gasteiger partial charge in [-0.25, -0.2) is 0 Å². The van der Waals surface area contributed by atoms with Gasteiger partial charge in [-0.3, -0.25) is 9.80 Å². The van der Waals surface area contributed by atoms with Crippen LogP contribution in [0, 0.1) is 0 Å². The molecule has 3 heterocycles. The molecule has 0 spiro atoms. The van der Waals surface area contributed by atoms with Gasteiger partial charge in [0.05, 0.1) is 0 Å². The highest BCUT2D eigenvalue weighted by atomic mass is 32.1. The molecule has 0 aromatic carbocycles. The molecule has 0 radical (unpaired) electrons. The Morgan fingerprint density at radius 3 is 2.89 bits per heavy atom. The average Bonchev–Trinajstić information content (AvgIpc) is 2.86. The third-order valence-corrected chi connectivity index (χ3v) is 5.58. The van der Waals surface area contributed by atoms with Gasteiger partial charge >= 0.3 is 0 Å². The van der Waals surface area contributed by atoms with Gasteiger partial charge in [-0.15, -0.1) is 11.3 Å². The highest BCUT2D eigenvalue weighted by Gasteiger charge is 2.28. The highest BCUT2D eigenvalue weighted by molar-refractivity contribution is 7.11. The molecule has 2 aliphatic rings. The minimum Gasteiger partial charge on any atom is -0.298 e. The molecule has 2 saturated heterocycles. The summed E-state index contributed by atoms with van der Waals surface area (Å²) >= 11 is 2.00. The van der Waals surface area contributed by atoms with Crippen molar-refractivity contribution in [2.75, 3.05) is 26.2 Å². The Kier molecular flexibility index (Phi) is 4.02. The Morgan fingerprint density at radius 1 is 1.17 bits per heavy atom. The Labute approximate surface area is 115 Å². The van der Waals surface area contributed by atoms with E-state index < -0.39 is 0 Å². The molecule has 18 heavy (non-hydrogen) atoms. The molecule has 2 nitrogen and oxygen atoms in total. The van der Waals surface area contributed by atoms with E-state index in [2.05, 4.69) is 28.9 Å². The van der Waals surface area contributed by atoms with E-state index in [0.717, 1.165) is 6.04 Å². The zero-order valence-electron chi connectivity index (χ0n) is 11.4. The molecule has 3 heteroatoms. The fourth-order valence-corrected chi connectivity index (χ4v) is 4.28. The summed E-state index contributed by atoms with van der Waals surface area (Å²) in [5.41, 5.74) is 0. The maximum absolute atomic E-state index is 2.71. The topological polar surface area (TPSA) is 6.48 Å². The lowest BCUT2D eigenvalue weighted by atomic mass is 9.99. The molecule has 2 aliphatic heterocycles. The van der Waals surface area contributed by atoms with Crippen molar-refractivity contribution in [1.82, 2.24) is 9.80 Å². The number of hydrogen-bond acceptors (Lipinski definition) is 3. The Balaban J connectivity index is 1.57. The van der Waals surface area contributed by atoms with Crippen LogP contribution in [0.3, 0.4) is 0 Å². The highest BCUT2D eigenvalue weighted by Crippen LogP contribution is 2.24. The second-order valence-corrected chi connectivity index (χ2v) is 6.90. The SMILES string of the molecule is CCc1ccc(CN2CCN3CCCCC3C2)s1. The van der Waals surface area contributed by atoms with Crippen LogP contribution in [0.1, 0.15) is 35.9 Å². The minimum absolute atomic E-state index is 0.845. The largest absolute Gasteiger partial charge is 0.298 e. The third kappa shape index (κ3) is 2.79. The summed E-state index contributed by atoms with van der Waals surface area (Å²) in [4.78, 5) is 8.46. The van der Waals surface area contributed by atoms with Crippen molar-refractivity contribution < 1.29 is 0 Å². The smallest absolute Gasteiger partial charge is 0.0329 e. The summed E-state index contributed by atoms with van der Waals surface area (Å²) in [6.07, 6.45) is 5.46. The standard InChI is InChI=1S/C15H24N2S/c1-2-14-6-7-15(18-14)12-16-9-10-17-8-4-3-5-13(17)11-16/h6-7,13H,2-5,8-12H2,1H3. The van der Waals surface area contributed by atoms with Gasteiger partial charge in [-0.05, 0) is 37.9 Å². The maximum atomic E-state index is 2.71. The lowest BCUT2D eigenvalue weighted by molar-refractivity contribution is 0.0461. The van der Waals surface area contributed by atoms with Crippen LogP contribution in [-0.2, 0) is 13.0 Å². The summed E-state index contributed by atoms with van der Waals surface area (Å²) in [6.45, 7) is 8.61. The van der Waals surface area contributed by atoms with Gasteiger partial charge < -0.3 is 0 Å². The first-order valence-corrected chi connectivity index (χ1v) is 8.21. The molecule has 1 atom stereocenters. The fourth-order valence-electron chi connectivity index (χ4n) is 3.28. The lowest BCUT2D eigenvalue weighted by Crippen LogP contribution is -2.54. The fraction of sp³-hybridized carbons (Fsp3) is 0.733. The quantitative estimate of drug-likeness (QED) is 0.828. The lowest BCUT2D eigenvalue weighted by Gasteiger charge is -2.44. The molecule has 2 fully saturated rings. The first-order valence-electron chi connectivity index (χ1n) is 7.39. The first-order chi connectivity index (χ1) is 8.85. The summed E-state index contributed by atoms with van der Waals surface area (Å²) in [6, 6.07) is 5.48. The number of fused-ring (bicyclic) bond motifs is 1. The van der Waals surface area contributed by atoms with Gasteiger partial charge in [0.25, 0.3) is 0 Å². The van der Waals surface area contributed by atoms with Gasteiger partial charge in [0.1, 0.15) is 0 Å². The van der Waals surface area contributed by atoms with E-state index in [1.165, 1.54) is 63.3 Å². The second kappa shape index (κ2) is 5.72. The van der Waals surface area contributed by atoms with E-state index in [0.29, 0.717) is 0 Å². The molecule has 0 N–H and O–H groups in total. The first kappa shape index (κ1) is 12.6. The van der Waals surface area contributed by atoms with Crippen molar-refractivity contribution >= 4 is 11.3 Å². The number of rotatable bonds is 3. The molecule has 100 valence electrons. The van der Waals surface area contributed by atoms with E-state index in [1.807, 2.05) is 11.3 Å². The molecule has 1 aromatic rings. The van der Waals surface area contributed by atoms with Crippen LogP contribution in [-0.4, -0.2) is 42.0 Å². The number of hydrogen-bond donors (Lipinski definition) is 0. The Bertz CT molecular complexity index is 388. The molecule has 0 amide bonds. The molecule has 3 rings (SSSR count). The number of piperazine rings is 1. The summed E-state index contributed by atoms with van der Waals surface area (Å²) in [7, 11) is 0. The van der Waals surface area contributed by atoms with Crippen molar-refractivity contribution in [3.05, 3.63) is 21.9 Å². The van der Waals surface area contributed by atoms with Crippen molar-refractivity contribution in [2.24, 2.45) is 0 Å². The predicted octanol–water partition coefficient (Wildman–Crippen LogP) is 2.98. The predicted molar refractivity (Wildman–Crippen MR) is 78.2 cm³/mol. The minimum atomic E-state index is 0.845. The summed E-state index contributed by atoms with van der Waals surface area (Å²) in [5, 5.41) is 0. The molecule has 0 aliphatic carbocycles. The van der Waals surface area contributed by atoms with Gasteiger partial charge in [-0.2, -0.15) is 0 Å². The normalized spacial score (nSPS) is 26.2. The maximum Gasteiger partial charge on any atom is 0.0329 e. The molecule has 1 aromatic heterocycles. The number of piperidine rings is 1. The zero-order valence-corrected chi connectivity index (χ0v) is 12.2. The number of aryl methyl sites for hydroxylation is 1. The number of thiophene rings is 1. The van der Waals surface area contributed by atoms with Crippen LogP contribution in [0.25, 0.3) is 0 Å². The van der Waals surface area contributed by atoms with Gasteiger partial charge in [0.15, 0.2) is 0 Å². The van der Waals surface area contributed by atoms with Crippen LogP contribution in [0.15, 0.2) is 12.1 Å². The monoisotopic (exact) mass is 264 g/mol. The van der Waals surface area contributed by atoms with Crippen LogP contribution in [0.4, 0.5) is 0 Å². The Morgan fingerprint density at radius 2 is 2.06 bits per heavy atom. The molecule has 1 unspecified atom stereocenters. The van der Waals surface area contributed by atoms with Crippen molar-refractivity contribution in [3.8, 4) is 0 Å². The average molecular weight is 264 g/mol. The summed E-state index contributed by atoms with van der Waals surface area (Å²) < 4.78 is 0. The van der Waals surface area contributed by atoms with E-state index in [4.69, 9.17) is 0 Å². The van der Waals surface area contributed by atoms with Gasteiger partial charge in [0.2, 0.25) is 0 Å². The molecular formula is C15H24N2S. The van der Waals surface area contributed by atoms with Crippen LogP contribution < -0.4 is 0 Å². The van der Waals surface area contributed by atoms with Crippen LogP contribution >= 0.6 is 11.3 Å². The molecule has 0 saturated carbocycles. The number of nitrogens with zero attached hydrogens (tertiary/aromatic N) is 2. The third-order valence-electron chi connectivity index (χ3n) is 4.37. The Hall–Kier alpha value is -0.380.